The predicted molar refractivity (Wildman–Crippen MR) is 62.5 cm³/mol. The molecule has 0 unspecified atom stereocenters. The van der Waals surface area contributed by atoms with E-state index in [4.69, 9.17) is 4.74 Å². The fourth-order valence-electron chi connectivity index (χ4n) is 1.25. The third kappa shape index (κ3) is 3.18. The Morgan fingerprint density at radius 1 is 1.33 bits per heavy atom. The van der Waals surface area contributed by atoms with Gasteiger partial charge in [0.25, 0.3) is 5.91 Å². The van der Waals surface area contributed by atoms with E-state index in [-0.39, 0.29) is 12.5 Å². The number of nitrogens with zero attached hydrogens (tertiary/aromatic N) is 1. The molecule has 6 heteroatoms. The number of nitrogens with one attached hydrogen (secondary N) is 1. The first kappa shape index (κ1) is 11.8. The van der Waals surface area contributed by atoms with E-state index in [0.29, 0.717) is 17.1 Å². The molecule has 0 aliphatic rings. The Labute approximate surface area is 103 Å². The van der Waals surface area contributed by atoms with Gasteiger partial charge in [-0.25, -0.2) is 0 Å². The summed E-state index contributed by atoms with van der Waals surface area (Å²) in [6, 6.07) is 7.98. The van der Waals surface area contributed by atoms with Crippen molar-refractivity contribution in [2.24, 2.45) is 0 Å². The first-order valence-corrected chi connectivity index (χ1v) is 5.16. The van der Waals surface area contributed by atoms with E-state index >= 15 is 0 Å². The fraction of sp³-hybridized carbons (Fsp3) is 0.0833. The highest BCUT2D eigenvalue weighted by atomic mass is 16.5. The Morgan fingerprint density at radius 3 is 2.72 bits per heavy atom. The van der Waals surface area contributed by atoms with Crippen LogP contribution in [0.25, 0.3) is 0 Å². The van der Waals surface area contributed by atoms with Gasteiger partial charge < -0.3 is 14.6 Å². The minimum Gasteiger partial charge on any atom is -0.484 e. The summed E-state index contributed by atoms with van der Waals surface area (Å²) in [6.45, 7) is -0.146. The number of carbonyl (C=O) groups is 2. The molecular weight excluding hydrogens is 236 g/mol. The van der Waals surface area contributed by atoms with E-state index < -0.39 is 0 Å². The Bertz CT molecular complexity index is 520. The zero-order chi connectivity index (χ0) is 12.8. The highest BCUT2D eigenvalue weighted by Gasteiger charge is 2.05. The second kappa shape index (κ2) is 5.62. The zero-order valence-corrected chi connectivity index (χ0v) is 9.33. The van der Waals surface area contributed by atoms with Crippen LogP contribution in [0.4, 0.5) is 5.82 Å². The van der Waals surface area contributed by atoms with Gasteiger partial charge in [0.05, 0.1) is 0 Å². The monoisotopic (exact) mass is 246 g/mol. The van der Waals surface area contributed by atoms with Gasteiger partial charge in [0.2, 0.25) is 0 Å². The molecule has 0 radical (unpaired) electrons. The number of hydrogen-bond donors (Lipinski definition) is 1. The molecule has 0 atom stereocenters. The lowest BCUT2D eigenvalue weighted by atomic mass is 10.2. The summed E-state index contributed by atoms with van der Waals surface area (Å²) in [5.41, 5.74) is 0.550. The van der Waals surface area contributed by atoms with Gasteiger partial charge in [-0.1, -0.05) is 5.16 Å². The summed E-state index contributed by atoms with van der Waals surface area (Å²) in [7, 11) is 0. The van der Waals surface area contributed by atoms with Gasteiger partial charge in [-0.2, -0.15) is 0 Å². The molecule has 92 valence electrons. The number of hydrogen-bond acceptors (Lipinski definition) is 5. The van der Waals surface area contributed by atoms with Gasteiger partial charge >= 0.3 is 0 Å². The molecule has 0 spiro atoms. The first-order chi connectivity index (χ1) is 8.78. The summed E-state index contributed by atoms with van der Waals surface area (Å²) in [5, 5.41) is 6.02. The van der Waals surface area contributed by atoms with Gasteiger partial charge in [0, 0.05) is 11.6 Å². The molecule has 0 saturated carbocycles. The van der Waals surface area contributed by atoms with Crippen molar-refractivity contribution in [2.75, 3.05) is 11.9 Å². The molecule has 6 nitrogen and oxygen atoms in total. The molecule has 0 bridgehead atoms. The van der Waals surface area contributed by atoms with Gasteiger partial charge in [-0.05, 0) is 24.3 Å². The largest absolute Gasteiger partial charge is 0.484 e. The highest BCUT2D eigenvalue weighted by molar-refractivity contribution is 5.90. The van der Waals surface area contributed by atoms with Crippen LogP contribution in [0.2, 0.25) is 0 Å². The number of rotatable bonds is 5. The first-order valence-electron chi connectivity index (χ1n) is 5.16. The summed E-state index contributed by atoms with van der Waals surface area (Å²) < 4.78 is 9.79. The molecule has 0 saturated heterocycles. The molecule has 18 heavy (non-hydrogen) atoms. The van der Waals surface area contributed by atoms with Crippen LogP contribution < -0.4 is 10.1 Å². The van der Waals surface area contributed by atoms with Gasteiger partial charge in [0.15, 0.2) is 12.4 Å². The Morgan fingerprint density at radius 2 is 2.11 bits per heavy atom. The van der Waals surface area contributed by atoms with E-state index in [0.717, 1.165) is 6.29 Å². The summed E-state index contributed by atoms with van der Waals surface area (Å²) in [6.07, 6.45) is 2.09. The van der Waals surface area contributed by atoms with Crippen molar-refractivity contribution in [3.63, 3.8) is 0 Å². The number of anilines is 1. The standard InChI is InChI=1S/C12H10N2O4/c15-7-9-1-3-10(4-2-9)17-8-12(16)13-11-5-6-18-14-11/h1-7H,8H2,(H,13,14,16). The number of aromatic nitrogens is 1. The molecule has 1 aromatic carbocycles. The SMILES string of the molecule is O=Cc1ccc(OCC(=O)Nc2ccon2)cc1. The Balaban J connectivity index is 1.83. The van der Waals surface area contributed by atoms with Gasteiger partial charge in [0.1, 0.15) is 18.3 Å². The average Bonchev–Trinajstić information content (AvgIpc) is 2.90. The third-order valence-corrected chi connectivity index (χ3v) is 2.09. The second-order valence-electron chi connectivity index (χ2n) is 3.41. The number of aldehydes is 1. The van der Waals surface area contributed by atoms with Crippen molar-refractivity contribution in [1.29, 1.82) is 0 Å². The lowest BCUT2D eigenvalue weighted by Crippen LogP contribution is -2.20. The van der Waals surface area contributed by atoms with Crippen molar-refractivity contribution >= 4 is 18.0 Å². The molecule has 2 rings (SSSR count). The van der Waals surface area contributed by atoms with Crippen LogP contribution in [-0.4, -0.2) is 24.0 Å². The maximum Gasteiger partial charge on any atom is 0.263 e. The summed E-state index contributed by atoms with van der Waals surface area (Å²) in [5.74, 6) is 0.499. The summed E-state index contributed by atoms with van der Waals surface area (Å²) >= 11 is 0. The van der Waals surface area contributed by atoms with Crippen molar-refractivity contribution in [1.82, 2.24) is 5.16 Å². The number of ether oxygens (including phenoxy) is 1. The molecule has 1 N–H and O–H groups in total. The molecule has 1 heterocycles. The van der Waals surface area contributed by atoms with Crippen LogP contribution in [0.1, 0.15) is 10.4 Å². The van der Waals surface area contributed by atoms with Crippen LogP contribution in [0.15, 0.2) is 41.1 Å². The Hall–Kier alpha value is -2.63. The zero-order valence-electron chi connectivity index (χ0n) is 9.33. The normalized spacial score (nSPS) is 9.78. The lowest BCUT2D eigenvalue weighted by Gasteiger charge is -2.05. The minimum absolute atomic E-state index is 0.146. The summed E-state index contributed by atoms with van der Waals surface area (Å²) in [4.78, 5) is 21.9. The van der Waals surface area contributed by atoms with Crippen molar-refractivity contribution in [3.8, 4) is 5.75 Å². The van der Waals surface area contributed by atoms with E-state index in [2.05, 4.69) is 15.0 Å². The Kier molecular flexibility index (Phi) is 3.70. The van der Waals surface area contributed by atoms with Crippen LogP contribution in [0.5, 0.6) is 5.75 Å². The molecule has 0 aliphatic carbocycles. The quantitative estimate of drug-likeness (QED) is 0.808. The van der Waals surface area contributed by atoms with Crippen LogP contribution in [0.3, 0.4) is 0 Å². The molecule has 1 aromatic heterocycles. The predicted octanol–water partition coefficient (Wildman–Crippen LogP) is 1.50. The molecule has 2 aromatic rings. The van der Waals surface area contributed by atoms with Gasteiger partial charge in [-0.15, -0.1) is 0 Å². The topological polar surface area (TPSA) is 81.4 Å². The maximum absolute atomic E-state index is 11.4. The lowest BCUT2D eigenvalue weighted by molar-refractivity contribution is -0.118. The third-order valence-electron chi connectivity index (χ3n) is 2.09. The minimum atomic E-state index is -0.344. The van der Waals surface area contributed by atoms with Crippen molar-refractivity contribution in [2.45, 2.75) is 0 Å². The van der Waals surface area contributed by atoms with E-state index in [1.807, 2.05) is 0 Å². The van der Waals surface area contributed by atoms with Crippen LogP contribution in [0, 0.1) is 0 Å². The van der Waals surface area contributed by atoms with Crippen LogP contribution in [-0.2, 0) is 4.79 Å². The van der Waals surface area contributed by atoms with E-state index in [9.17, 15) is 9.59 Å². The van der Waals surface area contributed by atoms with E-state index in [1.54, 1.807) is 24.3 Å². The maximum atomic E-state index is 11.4. The number of amides is 1. The fourth-order valence-corrected chi connectivity index (χ4v) is 1.25. The van der Waals surface area contributed by atoms with Crippen molar-refractivity contribution < 1.29 is 18.8 Å². The highest BCUT2D eigenvalue weighted by Crippen LogP contribution is 2.11. The average molecular weight is 246 g/mol. The van der Waals surface area contributed by atoms with Crippen LogP contribution >= 0.6 is 0 Å². The molecule has 0 fully saturated rings. The molecule has 0 aliphatic heterocycles. The van der Waals surface area contributed by atoms with E-state index in [1.165, 1.54) is 12.3 Å². The van der Waals surface area contributed by atoms with Gasteiger partial charge in [-0.3, -0.25) is 9.59 Å². The molecule has 1 amide bonds. The number of carbonyl (C=O) groups excluding carboxylic acids is 2. The molecular formula is C12H10N2O4. The smallest absolute Gasteiger partial charge is 0.263 e. The second-order valence-corrected chi connectivity index (χ2v) is 3.41. The number of benzene rings is 1. The van der Waals surface area contributed by atoms with Crippen molar-refractivity contribution in [3.05, 3.63) is 42.2 Å².